The van der Waals surface area contributed by atoms with E-state index in [9.17, 15) is 0 Å². The Morgan fingerprint density at radius 3 is 2.73 bits per heavy atom. The Labute approximate surface area is 134 Å². The fourth-order valence-electron chi connectivity index (χ4n) is 4.14. The van der Waals surface area contributed by atoms with Gasteiger partial charge in [0.1, 0.15) is 45.0 Å². The van der Waals surface area contributed by atoms with Crippen LogP contribution in [0.3, 0.4) is 0 Å². The predicted octanol–water partition coefficient (Wildman–Crippen LogP) is -1.60. The second-order valence-electron chi connectivity index (χ2n) is 6.73. The first-order valence-corrected chi connectivity index (χ1v) is 9.07. The van der Waals surface area contributed by atoms with Gasteiger partial charge in [-0.15, -0.1) is 0 Å². The molecule has 2 heterocycles. The molecule has 1 saturated heterocycles. The average molecular weight is 306 g/mol. The highest BCUT2D eigenvalue weighted by Gasteiger charge is 2.35. The topological polar surface area (TPSA) is 34.7 Å². The molecule has 4 nitrogen and oxygen atoms in total. The van der Waals surface area contributed by atoms with E-state index >= 15 is 0 Å². The van der Waals surface area contributed by atoms with Crippen molar-refractivity contribution in [3.05, 3.63) is 29.3 Å². The molecular formula is C18H32N3O+3. The van der Waals surface area contributed by atoms with E-state index in [-0.39, 0.29) is 0 Å². The minimum atomic E-state index is 0.646. The lowest BCUT2D eigenvalue weighted by atomic mass is 9.94. The van der Waals surface area contributed by atoms with Crippen LogP contribution in [0.4, 0.5) is 0 Å². The molecule has 1 aromatic carbocycles. The maximum absolute atomic E-state index is 5.73. The first kappa shape index (κ1) is 15.8. The molecule has 0 saturated carbocycles. The third-order valence-electron chi connectivity index (χ3n) is 5.27. The summed E-state index contributed by atoms with van der Waals surface area (Å²) in [4.78, 5) is 3.58. The monoisotopic (exact) mass is 306 g/mol. The van der Waals surface area contributed by atoms with Crippen LogP contribution >= 0.6 is 0 Å². The van der Waals surface area contributed by atoms with Crippen molar-refractivity contribution in [2.75, 3.05) is 45.9 Å². The fourth-order valence-corrected chi connectivity index (χ4v) is 4.14. The van der Waals surface area contributed by atoms with Crippen molar-refractivity contribution in [1.82, 2.24) is 0 Å². The van der Waals surface area contributed by atoms with Crippen LogP contribution < -0.4 is 19.9 Å². The molecule has 0 radical (unpaired) electrons. The summed E-state index contributed by atoms with van der Waals surface area (Å²) in [5.41, 5.74) is 3.05. The standard InChI is InChI=1S/C18H29N3O/c1-3-7-20-8-10-21(11-9-20)18-14-19-13-15-5-6-16(22-4-2)12-17(15)18/h5-6,12,18-19H,3-4,7-11,13-14H2,1-2H3/p+3/t18-/m1/s1. The highest BCUT2D eigenvalue weighted by atomic mass is 16.5. The molecule has 122 valence electrons. The average Bonchev–Trinajstić information content (AvgIpc) is 2.56. The lowest BCUT2D eigenvalue weighted by molar-refractivity contribution is -1.03. The van der Waals surface area contributed by atoms with Gasteiger partial charge in [0.2, 0.25) is 0 Å². The lowest BCUT2D eigenvalue weighted by Crippen LogP contribution is -3.29. The molecule has 1 atom stereocenters. The third-order valence-corrected chi connectivity index (χ3v) is 5.27. The molecule has 4 N–H and O–H groups in total. The molecule has 2 aliphatic heterocycles. The van der Waals surface area contributed by atoms with Crippen LogP contribution in [0.2, 0.25) is 0 Å². The number of hydrogen-bond donors (Lipinski definition) is 3. The molecule has 1 fully saturated rings. The highest BCUT2D eigenvalue weighted by molar-refractivity contribution is 5.37. The van der Waals surface area contributed by atoms with E-state index in [0.717, 1.165) is 18.9 Å². The van der Waals surface area contributed by atoms with Gasteiger partial charge in [0.15, 0.2) is 6.04 Å². The maximum Gasteiger partial charge on any atom is 0.164 e. The Morgan fingerprint density at radius 2 is 2.00 bits per heavy atom. The number of fused-ring (bicyclic) bond motifs is 1. The molecule has 0 bridgehead atoms. The summed E-state index contributed by atoms with van der Waals surface area (Å²) in [6.07, 6.45) is 1.31. The van der Waals surface area contributed by atoms with Crippen LogP contribution in [0.1, 0.15) is 37.4 Å². The summed E-state index contributed by atoms with van der Waals surface area (Å²) in [6.45, 7) is 14.1. The Morgan fingerprint density at radius 1 is 1.18 bits per heavy atom. The Bertz CT molecular complexity index is 483. The van der Waals surface area contributed by atoms with Crippen LogP contribution in [0.25, 0.3) is 0 Å². The summed E-state index contributed by atoms with van der Waals surface area (Å²) in [5, 5.41) is 2.48. The number of ether oxygens (including phenoxy) is 1. The van der Waals surface area contributed by atoms with Crippen molar-refractivity contribution in [3.63, 3.8) is 0 Å². The first-order chi connectivity index (χ1) is 10.8. The normalized spacial score (nSPS) is 28.2. The molecular weight excluding hydrogens is 274 g/mol. The molecule has 4 heteroatoms. The Balaban J connectivity index is 1.72. The maximum atomic E-state index is 5.73. The summed E-state index contributed by atoms with van der Waals surface area (Å²) < 4.78 is 5.73. The molecule has 2 aliphatic rings. The van der Waals surface area contributed by atoms with Crippen molar-refractivity contribution in [2.24, 2.45) is 0 Å². The van der Waals surface area contributed by atoms with E-state index in [4.69, 9.17) is 4.74 Å². The van der Waals surface area contributed by atoms with Crippen LogP contribution in [0.15, 0.2) is 18.2 Å². The van der Waals surface area contributed by atoms with Gasteiger partial charge in [-0.2, -0.15) is 0 Å². The molecule has 0 unspecified atom stereocenters. The first-order valence-electron chi connectivity index (χ1n) is 9.07. The van der Waals surface area contributed by atoms with Gasteiger partial charge in [-0.3, -0.25) is 0 Å². The van der Waals surface area contributed by atoms with E-state index < -0.39 is 0 Å². The number of nitrogens with two attached hydrogens (primary N) is 1. The van der Waals surface area contributed by atoms with Gasteiger partial charge in [0, 0.05) is 11.1 Å². The number of rotatable bonds is 5. The van der Waals surface area contributed by atoms with Crippen molar-refractivity contribution in [3.8, 4) is 5.75 Å². The quantitative estimate of drug-likeness (QED) is 0.602. The van der Waals surface area contributed by atoms with Gasteiger partial charge in [-0.25, -0.2) is 0 Å². The van der Waals surface area contributed by atoms with Crippen molar-refractivity contribution in [2.45, 2.75) is 32.9 Å². The van der Waals surface area contributed by atoms with E-state index in [1.807, 2.05) is 0 Å². The van der Waals surface area contributed by atoms with Crippen LogP contribution in [0.5, 0.6) is 5.75 Å². The van der Waals surface area contributed by atoms with Gasteiger partial charge in [-0.05, 0) is 31.5 Å². The van der Waals surface area contributed by atoms with Gasteiger partial charge < -0.3 is 19.9 Å². The zero-order valence-electron chi connectivity index (χ0n) is 14.2. The molecule has 22 heavy (non-hydrogen) atoms. The minimum Gasteiger partial charge on any atom is -0.494 e. The number of quaternary nitrogens is 3. The smallest absolute Gasteiger partial charge is 0.164 e. The number of hydrogen-bond acceptors (Lipinski definition) is 1. The largest absolute Gasteiger partial charge is 0.494 e. The Kier molecular flexibility index (Phi) is 5.34. The van der Waals surface area contributed by atoms with E-state index in [0.29, 0.717) is 6.04 Å². The third kappa shape index (κ3) is 3.45. The SMILES string of the molecule is CCC[NH+]1CC[NH+]([C@@H]2C[NH2+]Cc3ccc(OCC)cc32)CC1. The highest BCUT2D eigenvalue weighted by Crippen LogP contribution is 2.23. The van der Waals surface area contributed by atoms with Crippen LogP contribution in [-0.4, -0.2) is 45.9 Å². The minimum absolute atomic E-state index is 0.646. The summed E-state index contributed by atoms with van der Waals surface area (Å²) in [5.74, 6) is 1.04. The molecule has 3 rings (SSSR count). The second kappa shape index (κ2) is 7.44. The summed E-state index contributed by atoms with van der Waals surface area (Å²) in [7, 11) is 0. The van der Waals surface area contributed by atoms with E-state index in [1.54, 1.807) is 15.4 Å². The summed E-state index contributed by atoms with van der Waals surface area (Å²) in [6, 6.07) is 7.37. The zero-order chi connectivity index (χ0) is 15.4. The molecule has 0 spiro atoms. The number of benzene rings is 1. The van der Waals surface area contributed by atoms with Gasteiger partial charge in [0.05, 0.1) is 13.2 Å². The predicted molar refractivity (Wildman–Crippen MR) is 87.4 cm³/mol. The van der Waals surface area contributed by atoms with E-state index in [1.165, 1.54) is 51.3 Å². The molecule has 1 aromatic rings. The van der Waals surface area contributed by atoms with Crippen molar-refractivity contribution < 1.29 is 19.9 Å². The van der Waals surface area contributed by atoms with Crippen molar-refractivity contribution >= 4 is 0 Å². The number of nitrogens with one attached hydrogen (secondary N) is 2. The van der Waals surface area contributed by atoms with Gasteiger partial charge >= 0.3 is 0 Å². The van der Waals surface area contributed by atoms with Gasteiger partial charge in [-0.1, -0.05) is 6.92 Å². The van der Waals surface area contributed by atoms with Crippen LogP contribution in [-0.2, 0) is 6.54 Å². The molecule has 0 aromatic heterocycles. The fraction of sp³-hybridized carbons (Fsp3) is 0.667. The lowest BCUT2D eigenvalue weighted by Gasteiger charge is -2.36. The summed E-state index contributed by atoms with van der Waals surface area (Å²) >= 11 is 0. The molecule has 0 aliphatic carbocycles. The Hall–Kier alpha value is -1.10. The van der Waals surface area contributed by atoms with Crippen molar-refractivity contribution in [1.29, 1.82) is 0 Å². The van der Waals surface area contributed by atoms with Gasteiger partial charge in [0.25, 0.3) is 0 Å². The second-order valence-corrected chi connectivity index (χ2v) is 6.73. The number of piperazine rings is 1. The zero-order valence-corrected chi connectivity index (χ0v) is 14.2. The van der Waals surface area contributed by atoms with E-state index in [2.05, 4.69) is 37.4 Å². The van der Waals surface area contributed by atoms with Crippen LogP contribution in [0, 0.1) is 0 Å². The molecule has 0 amide bonds.